The van der Waals surface area contributed by atoms with Gasteiger partial charge in [0.2, 0.25) is 10.0 Å². The van der Waals surface area contributed by atoms with Crippen LogP contribution in [0.25, 0.3) is 4.96 Å². The summed E-state index contributed by atoms with van der Waals surface area (Å²) in [5.41, 5.74) is 2.07. The second kappa shape index (κ2) is 7.25. The molecule has 0 saturated carbocycles. The Hall–Kier alpha value is -1.70. The van der Waals surface area contributed by atoms with Crippen molar-refractivity contribution >= 4 is 26.3 Å². The largest absolute Gasteiger partial charge is 0.297 e. The summed E-state index contributed by atoms with van der Waals surface area (Å²) in [6, 6.07) is 9.94. The molecule has 0 fully saturated rings. The fourth-order valence-electron chi connectivity index (χ4n) is 2.41. The first-order chi connectivity index (χ1) is 11.1. The number of imidazole rings is 1. The molecule has 0 amide bonds. The third kappa shape index (κ3) is 4.63. The second-order valence-corrected chi connectivity index (χ2v) is 8.18. The van der Waals surface area contributed by atoms with Gasteiger partial charge in [0.05, 0.1) is 11.4 Å². The minimum atomic E-state index is -3.22. The number of aromatic nitrogens is 2. The minimum absolute atomic E-state index is 0.153. The van der Waals surface area contributed by atoms with E-state index < -0.39 is 10.0 Å². The molecule has 0 radical (unpaired) electrons. The van der Waals surface area contributed by atoms with E-state index in [2.05, 4.69) is 9.71 Å². The summed E-state index contributed by atoms with van der Waals surface area (Å²) in [6.45, 7) is 0.387. The maximum absolute atomic E-state index is 12.0. The SMILES string of the molecule is O=S(=O)(CCCc1ccccc1)NCCc1cn2ccsc2n1. The van der Waals surface area contributed by atoms with Gasteiger partial charge in [-0.05, 0) is 18.4 Å². The van der Waals surface area contributed by atoms with Crippen molar-refractivity contribution in [2.24, 2.45) is 0 Å². The predicted molar refractivity (Wildman–Crippen MR) is 93.3 cm³/mol. The van der Waals surface area contributed by atoms with E-state index in [-0.39, 0.29) is 5.75 Å². The van der Waals surface area contributed by atoms with Crippen molar-refractivity contribution < 1.29 is 8.42 Å². The minimum Gasteiger partial charge on any atom is -0.297 e. The van der Waals surface area contributed by atoms with E-state index in [9.17, 15) is 8.42 Å². The molecule has 1 aromatic carbocycles. The van der Waals surface area contributed by atoms with Gasteiger partial charge in [0.1, 0.15) is 0 Å². The van der Waals surface area contributed by atoms with E-state index in [0.29, 0.717) is 19.4 Å². The van der Waals surface area contributed by atoms with Crippen LogP contribution in [0.3, 0.4) is 0 Å². The quantitative estimate of drug-likeness (QED) is 0.679. The number of fused-ring (bicyclic) bond motifs is 1. The van der Waals surface area contributed by atoms with Crippen molar-refractivity contribution in [1.29, 1.82) is 0 Å². The highest BCUT2D eigenvalue weighted by atomic mass is 32.2. The molecule has 0 saturated heterocycles. The molecular formula is C16H19N3O2S2. The Kier molecular flexibility index (Phi) is 5.09. The Labute approximate surface area is 140 Å². The highest BCUT2D eigenvalue weighted by Crippen LogP contribution is 2.11. The molecule has 122 valence electrons. The fraction of sp³-hybridized carbons (Fsp3) is 0.312. The van der Waals surface area contributed by atoms with Crippen molar-refractivity contribution in [3.05, 3.63) is 59.4 Å². The molecular weight excluding hydrogens is 330 g/mol. The van der Waals surface area contributed by atoms with Crippen molar-refractivity contribution in [3.63, 3.8) is 0 Å². The molecule has 1 N–H and O–H groups in total. The van der Waals surface area contributed by atoms with Gasteiger partial charge in [-0.2, -0.15) is 0 Å². The van der Waals surface area contributed by atoms with E-state index in [1.807, 2.05) is 52.5 Å². The topological polar surface area (TPSA) is 63.5 Å². The molecule has 7 heteroatoms. The van der Waals surface area contributed by atoms with Gasteiger partial charge in [0.25, 0.3) is 0 Å². The Morgan fingerprint density at radius 2 is 2.00 bits per heavy atom. The summed E-state index contributed by atoms with van der Waals surface area (Å²) in [4.78, 5) is 5.38. The van der Waals surface area contributed by atoms with Crippen molar-refractivity contribution in [3.8, 4) is 0 Å². The van der Waals surface area contributed by atoms with Crippen LogP contribution in [0.5, 0.6) is 0 Å². The molecule has 2 aromatic heterocycles. The zero-order chi connectivity index (χ0) is 16.1. The van der Waals surface area contributed by atoms with Crippen LogP contribution < -0.4 is 4.72 Å². The lowest BCUT2D eigenvalue weighted by atomic mass is 10.1. The maximum Gasteiger partial charge on any atom is 0.211 e. The lowest BCUT2D eigenvalue weighted by Crippen LogP contribution is -2.28. The average molecular weight is 349 g/mol. The molecule has 0 aliphatic carbocycles. The van der Waals surface area contributed by atoms with Crippen LogP contribution >= 0.6 is 11.3 Å². The predicted octanol–water partition coefficient (Wildman–Crippen LogP) is 2.49. The van der Waals surface area contributed by atoms with Crippen LogP contribution in [-0.2, 0) is 22.9 Å². The van der Waals surface area contributed by atoms with E-state index in [4.69, 9.17) is 0 Å². The number of aryl methyl sites for hydroxylation is 1. The zero-order valence-electron chi connectivity index (χ0n) is 12.7. The van der Waals surface area contributed by atoms with Crippen LogP contribution in [0, 0.1) is 0 Å². The van der Waals surface area contributed by atoms with Gasteiger partial charge >= 0.3 is 0 Å². The molecule has 3 aromatic rings. The van der Waals surface area contributed by atoms with Crippen molar-refractivity contribution in [1.82, 2.24) is 14.1 Å². The fourth-order valence-corrected chi connectivity index (χ4v) is 4.22. The van der Waals surface area contributed by atoms with Crippen LogP contribution in [0.15, 0.2) is 48.1 Å². The molecule has 2 heterocycles. The van der Waals surface area contributed by atoms with Gasteiger partial charge in [-0.25, -0.2) is 18.1 Å². The lowest BCUT2D eigenvalue weighted by Gasteiger charge is -2.06. The molecule has 0 atom stereocenters. The van der Waals surface area contributed by atoms with Crippen LogP contribution in [-0.4, -0.2) is 30.1 Å². The van der Waals surface area contributed by atoms with Gasteiger partial charge in [-0.3, -0.25) is 4.40 Å². The smallest absolute Gasteiger partial charge is 0.211 e. The molecule has 0 bridgehead atoms. The van der Waals surface area contributed by atoms with Gasteiger partial charge in [0, 0.05) is 30.7 Å². The van der Waals surface area contributed by atoms with Crippen molar-refractivity contribution in [2.75, 3.05) is 12.3 Å². The molecule has 23 heavy (non-hydrogen) atoms. The monoisotopic (exact) mass is 349 g/mol. The number of nitrogens with zero attached hydrogens (tertiary/aromatic N) is 2. The summed E-state index contributed by atoms with van der Waals surface area (Å²) in [5, 5.41) is 1.97. The third-order valence-electron chi connectivity index (χ3n) is 3.57. The van der Waals surface area contributed by atoms with Crippen molar-refractivity contribution in [2.45, 2.75) is 19.3 Å². The summed E-state index contributed by atoms with van der Waals surface area (Å²) in [6.07, 6.45) is 5.89. The average Bonchev–Trinajstić information content (AvgIpc) is 3.09. The van der Waals surface area contributed by atoms with Crippen LogP contribution in [0.1, 0.15) is 17.7 Å². The number of benzene rings is 1. The van der Waals surface area contributed by atoms with Gasteiger partial charge in [-0.15, -0.1) is 11.3 Å². The molecule has 0 aliphatic rings. The normalized spacial score (nSPS) is 12.0. The first-order valence-electron chi connectivity index (χ1n) is 7.55. The van der Waals surface area contributed by atoms with E-state index in [1.54, 1.807) is 11.3 Å². The second-order valence-electron chi connectivity index (χ2n) is 5.38. The summed E-state index contributed by atoms with van der Waals surface area (Å²) < 4.78 is 28.6. The Balaban J connectivity index is 1.42. The first kappa shape index (κ1) is 16.2. The number of sulfonamides is 1. The first-order valence-corrected chi connectivity index (χ1v) is 10.1. The van der Waals surface area contributed by atoms with E-state index in [1.165, 1.54) is 5.56 Å². The Morgan fingerprint density at radius 1 is 1.17 bits per heavy atom. The Bertz CT molecular complexity index is 825. The Morgan fingerprint density at radius 3 is 2.78 bits per heavy atom. The van der Waals surface area contributed by atoms with Gasteiger partial charge in [-0.1, -0.05) is 30.3 Å². The lowest BCUT2D eigenvalue weighted by molar-refractivity contribution is 0.578. The number of hydrogen-bond acceptors (Lipinski definition) is 4. The highest BCUT2D eigenvalue weighted by Gasteiger charge is 2.10. The number of rotatable bonds is 8. The molecule has 0 unspecified atom stereocenters. The molecule has 5 nitrogen and oxygen atoms in total. The zero-order valence-corrected chi connectivity index (χ0v) is 14.3. The van der Waals surface area contributed by atoms with Crippen LogP contribution in [0.4, 0.5) is 0 Å². The molecule has 0 spiro atoms. The number of thiazole rings is 1. The number of nitrogens with one attached hydrogen (secondary N) is 1. The van der Waals surface area contributed by atoms with Crippen LogP contribution in [0.2, 0.25) is 0 Å². The highest BCUT2D eigenvalue weighted by molar-refractivity contribution is 7.89. The standard InChI is InChI=1S/C16H19N3O2S2/c20-23(21,12-4-7-14-5-2-1-3-6-14)17-9-8-15-13-19-10-11-22-16(19)18-15/h1-3,5-6,10-11,13,17H,4,7-9,12H2. The van der Waals surface area contributed by atoms with E-state index >= 15 is 0 Å². The van der Waals surface area contributed by atoms with Gasteiger partial charge < -0.3 is 0 Å². The maximum atomic E-state index is 12.0. The van der Waals surface area contributed by atoms with E-state index in [0.717, 1.165) is 17.1 Å². The third-order valence-corrected chi connectivity index (χ3v) is 5.81. The van der Waals surface area contributed by atoms with Gasteiger partial charge in [0.15, 0.2) is 4.96 Å². The summed E-state index contributed by atoms with van der Waals surface area (Å²) in [5.74, 6) is 0.153. The molecule has 0 aliphatic heterocycles. The summed E-state index contributed by atoms with van der Waals surface area (Å²) >= 11 is 1.57. The number of hydrogen-bond donors (Lipinski definition) is 1. The summed E-state index contributed by atoms with van der Waals surface area (Å²) in [7, 11) is -3.22. The molecule has 3 rings (SSSR count).